The molecule has 5 nitrogen and oxygen atoms in total. The predicted molar refractivity (Wildman–Crippen MR) is 125 cm³/mol. The normalized spacial score (nSPS) is 12.9. The van der Waals surface area contributed by atoms with E-state index in [2.05, 4.69) is 39.9 Å². The van der Waals surface area contributed by atoms with E-state index in [0.717, 1.165) is 26.9 Å². The van der Waals surface area contributed by atoms with E-state index < -0.39 is 0 Å². The quantitative estimate of drug-likeness (QED) is 0.377. The van der Waals surface area contributed by atoms with E-state index in [1.165, 1.54) is 18.3 Å². The van der Waals surface area contributed by atoms with Gasteiger partial charge in [0.2, 0.25) is 11.8 Å². The summed E-state index contributed by atoms with van der Waals surface area (Å²) in [6, 6.07) is 21.9. The molecule has 2 aromatic heterocycles. The molecule has 0 fully saturated rings. The molecule has 31 heavy (non-hydrogen) atoms. The molecule has 0 spiro atoms. The highest BCUT2D eigenvalue weighted by Gasteiger charge is 2.21. The summed E-state index contributed by atoms with van der Waals surface area (Å²) < 4.78 is 0. The van der Waals surface area contributed by atoms with Gasteiger partial charge in [0.1, 0.15) is 0 Å². The Kier molecular flexibility index (Phi) is 6.48. The lowest BCUT2D eigenvalue weighted by Gasteiger charge is -2.20. The number of aromatic amines is 1. The Labute approximate surface area is 185 Å². The van der Waals surface area contributed by atoms with Gasteiger partial charge < -0.3 is 15.6 Å². The van der Waals surface area contributed by atoms with Gasteiger partial charge in [0.25, 0.3) is 0 Å². The average molecular weight is 432 g/mol. The lowest BCUT2D eigenvalue weighted by molar-refractivity contribution is -0.122. The first kappa shape index (κ1) is 20.9. The first-order valence-electron chi connectivity index (χ1n) is 10.3. The third kappa shape index (κ3) is 5.03. The number of H-pyrrole nitrogens is 1. The minimum atomic E-state index is -0.319. The van der Waals surface area contributed by atoms with Gasteiger partial charge in [-0.1, -0.05) is 54.6 Å². The van der Waals surface area contributed by atoms with Crippen LogP contribution in [0.15, 0.2) is 78.3 Å². The van der Waals surface area contributed by atoms with Crippen molar-refractivity contribution in [2.45, 2.75) is 25.3 Å². The number of nitrogens with one attached hydrogen (secondary N) is 3. The maximum Gasteiger partial charge on any atom is 0.222 e. The van der Waals surface area contributed by atoms with E-state index in [-0.39, 0.29) is 30.2 Å². The molecule has 158 valence electrons. The van der Waals surface area contributed by atoms with Gasteiger partial charge >= 0.3 is 0 Å². The zero-order valence-electron chi connectivity index (χ0n) is 17.3. The van der Waals surface area contributed by atoms with Crippen LogP contribution in [0.4, 0.5) is 0 Å². The molecule has 2 atom stereocenters. The molecule has 4 aromatic rings. The molecule has 0 radical (unpaired) electrons. The number of thiophene rings is 1. The van der Waals surface area contributed by atoms with Gasteiger partial charge in [0, 0.05) is 41.4 Å². The van der Waals surface area contributed by atoms with Gasteiger partial charge in [0.15, 0.2) is 0 Å². The Morgan fingerprint density at radius 1 is 1.00 bits per heavy atom. The van der Waals surface area contributed by atoms with Crippen LogP contribution < -0.4 is 10.6 Å². The fourth-order valence-corrected chi connectivity index (χ4v) is 4.68. The van der Waals surface area contributed by atoms with Crippen molar-refractivity contribution < 1.29 is 9.59 Å². The van der Waals surface area contributed by atoms with Crippen molar-refractivity contribution in [2.75, 3.05) is 6.54 Å². The second-order valence-electron chi connectivity index (χ2n) is 7.53. The van der Waals surface area contributed by atoms with E-state index in [9.17, 15) is 9.59 Å². The van der Waals surface area contributed by atoms with Crippen LogP contribution >= 0.6 is 11.3 Å². The van der Waals surface area contributed by atoms with Crippen molar-refractivity contribution in [2.24, 2.45) is 0 Å². The second kappa shape index (κ2) is 9.62. The molecule has 0 aliphatic rings. The lowest BCUT2D eigenvalue weighted by atomic mass is 9.91. The summed E-state index contributed by atoms with van der Waals surface area (Å²) in [6.07, 6.45) is 2.23. The molecule has 2 amide bonds. The molecule has 4 rings (SSSR count). The predicted octanol–water partition coefficient (Wildman–Crippen LogP) is 4.75. The van der Waals surface area contributed by atoms with Crippen LogP contribution in [0.1, 0.15) is 41.3 Å². The summed E-state index contributed by atoms with van der Waals surface area (Å²) >= 11 is 1.54. The van der Waals surface area contributed by atoms with Crippen LogP contribution in [0.5, 0.6) is 0 Å². The molecule has 0 saturated carbocycles. The summed E-state index contributed by atoms with van der Waals surface area (Å²) in [5.74, 6) is -0.220. The van der Waals surface area contributed by atoms with Gasteiger partial charge in [-0.15, -0.1) is 11.3 Å². The van der Waals surface area contributed by atoms with E-state index in [1.54, 1.807) is 0 Å². The highest BCUT2D eigenvalue weighted by atomic mass is 32.1. The number of hydrogen-bond donors (Lipinski definition) is 3. The number of aromatic nitrogens is 1. The summed E-state index contributed by atoms with van der Waals surface area (Å²) in [5, 5.41) is 9.09. The summed E-state index contributed by atoms with van der Waals surface area (Å²) in [6.45, 7) is 1.95. The standard InChI is InChI=1S/C25H25N3O2S/c1-17(29)28-23(24-12-7-13-31-24)14-25(30)27-15-20(18-8-3-2-4-9-18)21-16-26-22-11-6-5-10-19(21)22/h2-13,16,20,23,26H,14-15H2,1H3,(H,27,30)(H,28,29). The monoisotopic (exact) mass is 431 g/mol. The summed E-state index contributed by atoms with van der Waals surface area (Å²) in [5.41, 5.74) is 3.37. The molecule has 2 aromatic carbocycles. The van der Waals surface area contributed by atoms with Gasteiger partial charge in [0.05, 0.1) is 12.5 Å². The summed E-state index contributed by atoms with van der Waals surface area (Å²) in [7, 11) is 0. The van der Waals surface area contributed by atoms with Crippen LogP contribution in [0.2, 0.25) is 0 Å². The van der Waals surface area contributed by atoms with E-state index in [4.69, 9.17) is 0 Å². The fraction of sp³-hybridized carbons (Fsp3) is 0.200. The Hall–Kier alpha value is -3.38. The second-order valence-corrected chi connectivity index (χ2v) is 8.51. The van der Waals surface area contributed by atoms with Crippen LogP contribution in [0, 0.1) is 0 Å². The maximum atomic E-state index is 12.8. The third-order valence-electron chi connectivity index (χ3n) is 5.36. The van der Waals surface area contributed by atoms with E-state index in [1.807, 2.05) is 54.0 Å². The molecule has 6 heteroatoms. The number of carbonyl (C=O) groups is 2. The number of para-hydroxylation sites is 1. The first-order valence-corrected chi connectivity index (χ1v) is 11.2. The average Bonchev–Trinajstić information content (AvgIpc) is 3.45. The number of rotatable bonds is 8. The number of benzene rings is 2. The molecule has 0 aliphatic carbocycles. The molecule has 0 saturated heterocycles. The number of carbonyl (C=O) groups excluding carboxylic acids is 2. The Bertz CT molecular complexity index is 1150. The molecule has 3 N–H and O–H groups in total. The molecule has 2 heterocycles. The Morgan fingerprint density at radius 3 is 2.52 bits per heavy atom. The van der Waals surface area contributed by atoms with Crippen LogP contribution in [-0.2, 0) is 9.59 Å². The van der Waals surface area contributed by atoms with Crippen LogP contribution in [-0.4, -0.2) is 23.3 Å². The van der Waals surface area contributed by atoms with Crippen LogP contribution in [0.25, 0.3) is 10.9 Å². The van der Waals surface area contributed by atoms with Crippen molar-refractivity contribution in [1.29, 1.82) is 0 Å². The highest BCUT2D eigenvalue weighted by Crippen LogP contribution is 2.30. The minimum Gasteiger partial charge on any atom is -0.361 e. The first-order chi connectivity index (χ1) is 15.1. The smallest absolute Gasteiger partial charge is 0.222 e. The van der Waals surface area contributed by atoms with Crippen molar-refractivity contribution in [3.8, 4) is 0 Å². The molecule has 0 bridgehead atoms. The van der Waals surface area contributed by atoms with E-state index >= 15 is 0 Å². The van der Waals surface area contributed by atoms with Gasteiger partial charge in [-0.25, -0.2) is 0 Å². The van der Waals surface area contributed by atoms with Crippen LogP contribution in [0.3, 0.4) is 0 Å². The minimum absolute atomic E-state index is 0.0160. The van der Waals surface area contributed by atoms with Crippen molar-refractivity contribution >= 4 is 34.1 Å². The van der Waals surface area contributed by atoms with Gasteiger partial charge in [-0.3, -0.25) is 9.59 Å². The van der Waals surface area contributed by atoms with Crippen molar-refractivity contribution in [3.05, 3.63) is 94.3 Å². The number of amides is 2. The zero-order valence-corrected chi connectivity index (χ0v) is 18.1. The number of hydrogen-bond acceptors (Lipinski definition) is 3. The molecular weight excluding hydrogens is 406 g/mol. The summed E-state index contributed by atoms with van der Waals surface area (Å²) in [4.78, 5) is 28.8. The largest absolute Gasteiger partial charge is 0.361 e. The van der Waals surface area contributed by atoms with Crippen molar-refractivity contribution in [1.82, 2.24) is 15.6 Å². The van der Waals surface area contributed by atoms with E-state index in [0.29, 0.717) is 6.54 Å². The lowest BCUT2D eigenvalue weighted by Crippen LogP contribution is -2.34. The zero-order chi connectivity index (χ0) is 21.6. The Morgan fingerprint density at radius 2 is 1.77 bits per heavy atom. The third-order valence-corrected chi connectivity index (χ3v) is 6.34. The SMILES string of the molecule is CC(=O)NC(CC(=O)NCC(c1ccccc1)c1c[nH]c2ccccc12)c1cccs1. The number of fused-ring (bicyclic) bond motifs is 1. The Balaban J connectivity index is 1.52. The fourth-order valence-electron chi connectivity index (χ4n) is 3.91. The van der Waals surface area contributed by atoms with Gasteiger partial charge in [-0.05, 0) is 28.6 Å². The molecule has 2 unspecified atom stereocenters. The van der Waals surface area contributed by atoms with Crippen molar-refractivity contribution in [3.63, 3.8) is 0 Å². The highest BCUT2D eigenvalue weighted by molar-refractivity contribution is 7.10. The maximum absolute atomic E-state index is 12.8. The molecule has 0 aliphatic heterocycles. The topological polar surface area (TPSA) is 74.0 Å². The van der Waals surface area contributed by atoms with Gasteiger partial charge in [-0.2, -0.15) is 0 Å². The molecular formula is C25H25N3O2S.